The Balaban J connectivity index is 3.04. The quantitative estimate of drug-likeness (QED) is 0.620. The first-order valence-corrected chi connectivity index (χ1v) is 5.92. The Morgan fingerprint density at radius 3 is 2.36 bits per heavy atom. The third kappa shape index (κ3) is 3.15. The van der Waals surface area contributed by atoms with Gasteiger partial charge in [0, 0.05) is 9.26 Å². The highest BCUT2D eigenvalue weighted by Crippen LogP contribution is 2.27. The molecule has 0 saturated heterocycles. The molecule has 0 fully saturated rings. The van der Waals surface area contributed by atoms with E-state index in [1.807, 2.05) is 0 Å². The second-order valence-corrected chi connectivity index (χ2v) is 6.20. The van der Waals surface area contributed by atoms with Crippen LogP contribution in [0.5, 0.6) is 0 Å². The van der Waals surface area contributed by atoms with Gasteiger partial charge in [0.05, 0.1) is 0 Å². The van der Waals surface area contributed by atoms with Gasteiger partial charge in [-0.05, 0) is 64.6 Å². The summed E-state index contributed by atoms with van der Waals surface area (Å²) in [6.45, 7) is 8.80. The van der Waals surface area contributed by atoms with Gasteiger partial charge in [0.1, 0.15) is 0 Å². The zero-order valence-corrected chi connectivity index (χ0v) is 11.5. The molecule has 1 aromatic carbocycles. The molecule has 0 atom stereocenters. The lowest BCUT2D eigenvalue weighted by Crippen LogP contribution is -2.11. The third-order valence-electron chi connectivity index (χ3n) is 2.14. The standard InChI is InChI=1S/C12H18IN/c1-8-5-11(14)9(6-10(8)13)7-12(2,3)4/h5-6H,7,14H2,1-4H3. The van der Waals surface area contributed by atoms with Crippen LogP contribution in [0.2, 0.25) is 0 Å². The van der Waals surface area contributed by atoms with Crippen molar-refractivity contribution in [1.82, 2.24) is 0 Å². The van der Waals surface area contributed by atoms with Gasteiger partial charge in [-0.15, -0.1) is 0 Å². The SMILES string of the molecule is Cc1cc(N)c(CC(C)(C)C)cc1I. The van der Waals surface area contributed by atoms with Crippen molar-refractivity contribution in [3.63, 3.8) is 0 Å². The molecule has 1 rings (SSSR count). The van der Waals surface area contributed by atoms with Crippen LogP contribution in [0.1, 0.15) is 31.9 Å². The van der Waals surface area contributed by atoms with Gasteiger partial charge in [-0.25, -0.2) is 0 Å². The number of nitrogens with two attached hydrogens (primary N) is 1. The maximum Gasteiger partial charge on any atom is 0.0350 e. The number of halogens is 1. The number of benzene rings is 1. The number of nitrogen functional groups attached to an aromatic ring is 1. The summed E-state index contributed by atoms with van der Waals surface area (Å²) in [5.41, 5.74) is 9.76. The minimum atomic E-state index is 0.298. The number of rotatable bonds is 1. The van der Waals surface area contributed by atoms with E-state index in [9.17, 15) is 0 Å². The van der Waals surface area contributed by atoms with E-state index in [1.54, 1.807) is 0 Å². The monoisotopic (exact) mass is 303 g/mol. The molecule has 0 aromatic heterocycles. The molecule has 0 aliphatic heterocycles. The third-order valence-corrected chi connectivity index (χ3v) is 3.30. The fourth-order valence-electron chi connectivity index (χ4n) is 1.47. The maximum absolute atomic E-state index is 5.99. The Morgan fingerprint density at radius 1 is 1.29 bits per heavy atom. The molecule has 1 aromatic rings. The summed E-state index contributed by atoms with van der Waals surface area (Å²) < 4.78 is 1.30. The van der Waals surface area contributed by atoms with Crippen LogP contribution >= 0.6 is 22.6 Å². The predicted octanol–water partition coefficient (Wildman–Crippen LogP) is 3.77. The van der Waals surface area contributed by atoms with Crippen molar-refractivity contribution < 1.29 is 0 Å². The molecule has 0 aliphatic carbocycles. The first kappa shape index (κ1) is 11.8. The van der Waals surface area contributed by atoms with E-state index >= 15 is 0 Å². The maximum atomic E-state index is 5.99. The van der Waals surface area contributed by atoms with Crippen LogP contribution < -0.4 is 5.73 Å². The van der Waals surface area contributed by atoms with Crippen molar-refractivity contribution in [1.29, 1.82) is 0 Å². The minimum absolute atomic E-state index is 0.298. The Labute approximate surface area is 100 Å². The highest BCUT2D eigenvalue weighted by Gasteiger charge is 2.14. The zero-order valence-electron chi connectivity index (χ0n) is 9.32. The van der Waals surface area contributed by atoms with E-state index in [1.165, 1.54) is 14.7 Å². The largest absolute Gasteiger partial charge is 0.398 e. The lowest BCUT2D eigenvalue weighted by Gasteiger charge is -2.20. The highest BCUT2D eigenvalue weighted by atomic mass is 127. The van der Waals surface area contributed by atoms with Crippen molar-refractivity contribution in [2.75, 3.05) is 5.73 Å². The lowest BCUT2D eigenvalue weighted by atomic mass is 9.87. The molecular formula is C12H18IN. The number of hydrogen-bond donors (Lipinski definition) is 1. The van der Waals surface area contributed by atoms with Gasteiger partial charge in [0.2, 0.25) is 0 Å². The predicted molar refractivity (Wildman–Crippen MR) is 71.5 cm³/mol. The highest BCUT2D eigenvalue weighted by molar-refractivity contribution is 14.1. The van der Waals surface area contributed by atoms with Gasteiger partial charge in [-0.2, -0.15) is 0 Å². The molecule has 0 radical (unpaired) electrons. The molecule has 78 valence electrons. The van der Waals surface area contributed by atoms with E-state index in [-0.39, 0.29) is 0 Å². The van der Waals surface area contributed by atoms with Crippen LogP contribution in [-0.2, 0) is 6.42 Å². The summed E-state index contributed by atoms with van der Waals surface area (Å²) in [7, 11) is 0. The zero-order chi connectivity index (χ0) is 10.9. The average molecular weight is 303 g/mol. The summed E-state index contributed by atoms with van der Waals surface area (Å²) in [6.07, 6.45) is 1.04. The molecular weight excluding hydrogens is 285 g/mol. The molecule has 0 heterocycles. The Bertz CT molecular complexity index is 337. The van der Waals surface area contributed by atoms with Crippen molar-refractivity contribution in [3.05, 3.63) is 26.8 Å². The first-order valence-electron chi connectivity index (χ1n) is 4.84. The summed E-state index contributed by atoms with van der Waals surface area (Å²) >= 11 is 2.36. The van der Waals surface area contributed by atoms with E-state index in [4.69, 9.17) is 5.73 Å². The molecule has 1 nitrogen and oxygen atoms in total. The molecule has 0 aliphatic rings. The van der Waals surface area contributed by atoms with Crippen LogP contribution in [0.4, 0.5) is 5.69 Å². The van der Waals surface area contributed by atoms with Crippen molar-refractivity contribution in [3.8, 4) is 0 Å². The first-order chi connectivity index (χ1) is 6.29. The van der Waals surface area contributed by atoms with Gasteiger partial charge in [-0.1, -0.05) is 20.8 Å². The summed E-state index contributed by atoms with van der Waals surface area (Å²) in [4.78, 5) is 0. The molecule has 2 N–H and O–H groups in total. The van der Waals surface area contributed by atoms with Gasteiger partial charge in [0.25, 0.3) is 0 Å². The average Bonchev–Trinajstić information content (AvgIpc) is 1.97. The van der Waals surface area contributed by atoms with Crippen LogP contribution in [0.25, 0.3) is 0 Å². The summed E-state index contributed by atoms with van der Waals surface area (Å²) in [5, 5.41) is 0. The molecule has 0 amide bonds. The number of hydrogen-bond acceptors (Lipinski definition) is 1. The van der Waals surface area contributed by atoms with Crippen molar-refractivity contribution in [2.24, 2.45) is 5.41 Å². The molecule has 14 heavy (non-hydrogen) atoms. The van der Waals surface area contributed by atoms with Crippen LogP contribution in [0.15, 0.2) is 12.1 Å². The summed E-state index contributed by atoms with van der Waals surface area (Å²) in [6, 6.07) is 4.28. The molecule has 0 spiro atoms. The number of anilines is 1. The van der Waals surface area contributed by atoms with Gasteiger partial charge >= 0.3 is 0 Å². The van der Waals surface area contributed by atoms with Gasteiger partial charge in [-0.3, -0.25) is 0 Å². The minimum Gasteiger partial charge on any atom is -0.398 e. The Morgan fingerprint density at radius 2 is 1.86 bits per heavy atom. The Kier molecular flexibility index (Phi) is 3.45. The van der Waals surface area contributed by atoms with Crippen LogP contribution in [0, 0.1) is 15.9 Å². The molecule has 0 saturated carbocycles. The van der Waals surface area contributed by atoms with E-state index < -0.39 is 0 Å². The smallest absolute Gasteiger partial charge is 0.0350 e. The van der Waals surface area contributed by atoms with E-state index in [0.29, 0.717) is 5.41 Å². The fraction of sp³-hybridized carbons (Fsp3) is 0.500. The normalized spacial score (nSPS) is 11.8. The topological polar surface area (TPSA) is 26.0 Å². The fourth-order valence-corrected chi connectivity index (χ4v) is 2.00. The van der Waals surface area contributed by atoms with E-state index in [0.717, 1.165) is 12.1 Å². The molecule has 0 bridgehead atoms. The Hall–Kier alpha value is -0.250. The lowest BCUT2D eigenvalue weighted by molar-refractivity contribution is 0.412. The van der Waals surface area contributed by atoms with Crippen LogP contribution in [0.3, 0.4) is 0 Å². The summed E-state index contributed by atoms with van der Waals surface area (Å²) in [5.74, 6) is 0. The number of aryl methyl sites for hydroxylation is 1. The van der Waals surface area contributed by atoms with Gasteiger partial charge < -0.3 is 5.73 Å². The van der Waals surface area contributed by atoms with Gasteiger partial charge in [0.15, 0.2) is 0 Å². The van der Waals surface area contributed by atoms with E-state index in [2.05, 4.69) is 62.4 Å². The van der Waals surface area contributed by atoms with Crippen LogP contribution in [-0.4, -0.2) is 0 Å². The van der Waals surface area contributed by atoms with Crippen molar-refractivity contribution in [2.45, 2.75) is 34.1 Å². The molecule has 2 heteroatoms. The second kappa shape index (κ2) is 4.09. The second-order valence-electron chi connectivity index (χ2n) is 5.04. The molecule has 0 unspecified atom stereocenters. The van der Waals surface area contributed by atoms with Crippen molar-refractivity contribution >= 4 is 28.3 Å².